The third-order valence-electron chi connectivity index (χ3n) is 4.44. The van der Waals surface area contributed by atoms with E-state index in [2.05, 4.69) is 63.2 Å². The largest absolute Gasteiger partial charge is 0.375 e. The molecule has 0 amide bonds. The number of ether oxygens (including phenoxy) is 1. The van der Waals surface area contributed by atoms with Crippen LogP contribution in [0.15, 0.2) is 0 Å². The zero-order chi connectivity index (χ0) is 16.8. The molecule has 0 atom stereocenters. The van der Waals surface area contributed by atoms with Crippen molar-refractivity contribution in [2.45, 2.75) is 59.6 Å². The smallest absolute Gasteiger partial charge is 0.0600 e. The molecule has 0 aliphatic carbocycles. The monoisotopic (exact) mass is 313 g/mol. The Morgan fingerprint density at radius 2 is 1.50 bits per heavy atom. The van der Waals surface area contributed by atoms with Gasteiger partial charge >= 0.3 is 0 Å². The summed E-state index contributed by atoms with van der Waals surface area (Å²) in [5, 5.41) is 0. The van der Waals surface area contributed by atoms with Crippen LogP contribution in [0.1, 0.15) is 48.5 Å². The van der Waals surface area contributed by atoms with Crippen LogP contribution in [0.5, 0.6) is 0 Å². The summed E-state index contributed by atoms with van der Waals surface area (Å²) in [6, 6.07) is 0. The fraction of sp³-hybridized carbons (Fsp3) is 1.00. The van der Waals surface area contributed by atoms with E-state index in [9.17, 15) is 0 Å². The molecule has 1 fully saturated rings. The number of nitrogens with zero attached hydrogens (tertiary/aromatic N) is 3. The molecule has 4 nitrogen and oxygen atoms in total. The number of rotatable bonds is 7. The minimum Gasteiger partial charge on any atom is -0.375 e. The zero-order valence-electron chi connectivity index (χ0n) is 16.1. The first-order valence-electron chi connectivity index (χ1n) is 8.95. The molecule has 1 saturated heterocycles. The van der Waals surface area contributed by atoms with Crippen LogP contribution in [0, 0.1) is 0 Å². The molecule has 1 aliphatic heterocycles. The molecule has 0 aromatic carbocycles. The van der Waals surface area contributed by atoms with Crippen molar-refractivity contribution in [2.24, 2.45) is 0 Å². The molecular formula is C18H39N3O. The van der Waals surface area contributed by atoms with E-state index in [0.29, 0.717) is 5.54 Å². The normalized spacial score (nSPS) is 19.1. The van der Waals surface area contributed by atoms with Crippen molar-refractivity contribution >= 4 is 0 Å². The second-order valence-corrected chi connectivity index (χ2v) is 8.39. The summed E-state index contributed by atoms with van der Waals surface area (Å²) >= 11 is 0. The lowest BCUT2D eigenvalue weighted by atomic mass is 10.1. The van der Waals surface area contributed by atoms with Crippen LogP contribution in [-0.4, -0.2) is 84.8 Å². The van der Waals surface area contributed by atoms with Gasteiger partial charge in [0.15, 0.2) is 0 Å². The van der Waals surface area contributed by atoms with Crippen LogP contribution in [0.3, 0.4) is 0 Å². The quantitative estimate of drug-likeness (QED) is 0.719. The molecule has 1 heterocycles. The lowest BCUT2D eigenvalue weighted by Gasteiger charge is -2.42. The Kier molecular flexibility index (Phi) is 7.80. The van der Waals surface area contributed by atoms with Crippen molar-refractivity contribution < 1.29 is 4.74 Å². The summed E-state index contributed by atoms with van der Waals surface area (Å²) in [6.45, 7) is 25.7. The minimum atomic E-state index is -0.0251. The average Bonchev–Trinajstić information content (AvgIpc) is 2.41. The molecule has 1 aliphatic rings. The molecule has 0 saturated carbocycles. The second-order valence-electron chi connectivity index (χ2n) is 8.39. The molecule has 0 unspecified atom stereocenters. The second kappa shape index (κ2) is 8.62. The van der Waals surface area contributed by atoms with Crippen LogP contribution >= 0.6 is 0 Å². The van der Waals surface area contributed by atoms with E-state index in [1.54, 1.807) is 0 Å². The maximum absolute atomic E-state index is 5.84. The van der Waals surface area contributed by atoms with E-state index in [1.165, 1.54) is 32.7 Å². The highest BCUT2D eigenvalue weighted by atomic mass is 16.5. The van der Waals surface area contributed by atoms with Crippen LogP contribution in [0.25, 0.3) is 0 Å². The predicted octanol–water partition coefficient (Wildman–Crippen LogP) is 2.54. The highest BCUT2D eigenvalue weighted by molar-refractivity contribution is 4.82. The highest BCUT2D eigenvalue weighted by Gasteiger charge is 2.25. The van der Waals surface area contributed by atoms with Gasteiger partial charge in [0.1, 0.15) is 0 Å². The lowest BCUT2D eigenvalue weighted by Crippen LogP contribution is -2.54. The van der Waals surface area contributed by atoms with Crippen LogP contribution in [0.4, 0.5) is 0 Å². The van der Waals surface area contributed by atoms with Crippen LogP contribution < -0.4 is 0 Å². The van der Waals surface area contributed by atoms with E-state index in [-0.39, 0.29) is 5.60 Å². The van der Waals surface area contributed by atoms with E-state index in [1.807, 2.05) is 0 Å². The van der Waals surface area contributed by atoms with Gasteiger partial charge in [-0.3, -0.25) is 9.80 Å². The Labute approximate surface area is 138 Å². The van der Waals surface area contributed by atoms with Gasteiger partial charge in [-0.1, -0.05) is 6.92 Å². The van der Waals surface area contributed by atoms with Gasteiger partial charge in [0, 0.05) is 51.4 Å². The Hall–Kier alpha value is -0.160. The Balaban J connectivity index is 2.22. The van der Waals surface area contributed by atoms with Gasteiger partial charge in [0.2, 0.25) is 0 Å². The summed E-state index contributed by atoms with van der Waals surface area (Å²) in [5.41, 5.74) is 0.286. The van der Waals surface area contributed by atoms with Gasteiger partial charge < -0.3 is 9.64 Å². The molecule has 0 radical (unpaired) electrons. The van der Waals surface area contributed by atoms with Crippen molar-refractivity contribution in [3.05, 3.63) is 0 Å². The molecule has 4 heteroatoms. The summed E-state index contributed by atoms with van der Waals surface area (Å²) in [4.78, 5) is 7.70. The first-order chi connectivity index (χ1) is 10.1. The van der Waals surface area contributed by atoms with E-state index in [0.717, 1.165) is 26.2 Å². The average molecular weight is 314 g/mol. The maximum atomic E-state index is 5.84. The summed E-state index contributed by atoms with van der Waals surface area (Å²) in [6.07, 6.45) is 0. The first kappa shape index (κ1) is 19.9. The lowest BCUT2D eigenvalue weighted by molar-refractivity contribution is -0.0141. The molecular weight excluding hydrogens is 274 g/mol. The fourth-order valence-corrected chi connectivity index (χ4v) is 2.83. The minimum absolute atomic E-state index is 0.0251. The molecule has 0 aromatic heterocycles. The van der Waals surface area contributed by atoms with Gasteiger partial charge in [-0.05, 0) is 48.1 Å². The van der Waals surface area contributed by atoms with Crippen molar-refractivity contribution in [3.63, 3.8) is 0 Å². The SMILES string of the molecule is CCN(CCOC(C)(C)C)CCN1CCN(C(C)(C)C)CC1. The van der Waals surface area contributed by atoms with Gasteiger partial charge in [-0.15, -0.1) is 0 Å². The molecule has 0 N–H and O–H groups in total. The molecule has 1 rings (SSSR count). The predicted molar refractivity (Wildman–Crippen MR) is 95.6 cm³/mol. The summed E-state index contributed by atoms with van der Waals surface area (Å²) in [7, 11) is 0. The Bertz CT molecular complexity index is 294. The van der Waals surface area contributed by atoms with Gasteiger partial charge in [0.05, 0.1) is 12.2 Å². The number of hydrogen-bond acceptors (Lipinski definition) is 4. The van der Waals surface area contributed by atoms with E-state index < -0.39 is 0 Å². The molecule has 0 bridgehead atoms. The molecule has 0 aromatic rings. The van der Waals surface area contributed by atoms with E-state index in [4.69, 9.17) is 4.74 Å². The summed E-state index contributed by atoms with van der Waals surface area (Å²) < 4.78 is 5.84. The maximum Gasteiger partial charge on any atom is 0.0600 e. The van der Waals surface area contributed by atoms with Crippen molar-refractivity contribution in [2.75, 3.05) is 59.0 Å². The van der Waals surface area contributed by atoms with Crippen molar-refractivity contribution in [1.29, 1.82) is 0 Å². The Morgan fingerprint density at radius 1 is 0.909 bits per heavy atom. The van der Waals surface area contributed by atoms with Gasteiger partial charge in [-0.25, -0.2) is 0 Å². The molecule has 132 valence electrons. The topological polar surface area (TPSA) is 19.0 Å². The highest BCUT2D eigenvalue weighted by Crippen LogP contribution is 2.15. The third-order valence-corrected chi connectivity index (χ3v) is 4.44. The fourth-order valence-electron chi connectivity index (χ4n) is 2.83. The van der Waals surface area contributed by atoms with Gasteiger partial charge in [0.25, 0.3) is 0 Å². The standard InChI is InChI=1S/C18H39N3O/c1-8-19(15-16-22-18(5,6)7)9-10-20-11-13-21(14-12-20)17(2,3)4/h8-16H2,1-7H3. The molecule has 0 spiro atoms. The Morgan fingerprint density at radius 3 is 1.95 bits per heavy atom. The molecule has 22 heavy (non-hydrogen) atoms. The van der Waals surface area contributed by atoms with Crippen LogP contribution in [-0.2, 0) is 4.74 Å². The zero-order valence-corrected chi connectivity index (χ0v) is 16.1. The number of likely N-dealkylation sites (N-methyl/N-ethyl adjacent to an activating group) is 1. The van der Waals surface area contributed by atoms with Gasteiger partial charge in [-0.2, -0.15) is 0 Å². The number of hydrogen-bond donors (Lipinski definition) is 0. The van der Waals surface area contributed by atoms with E-state index >= 15 is 0 Å². The number of piperazine rings is 1. The third kappa shape index (κ3) is 7.91. The van der Waals surface area contributed by atoms with Crippen molar-refractivity contribution in [1.82, 2.24) is 14.7 Å². The summed E-state index contributed by atoms with van der Waals surface area (Å²) in [5.74, 6) is 0. The van der Waals surface area contributed by atoms with Crippen LogP contribution in [0.2, 0.25) is 0 Å². The first-order valence-corrected chi connectivity index (χ1v) is 8.95. The van der Waals surface area contributed by atoms with Crippen molar-refractivity contribution in [3.8, 4) is 0 Å².